The lowest BCUT2D eigenvalue weighted by molar-refractivity contribution is 0.438. The first kappa shape index (κ1) is 13.7. The Bertz CT molecular complexity index is 544. The van der Waals surface area contributed by atoms with Crippen molar-refractivity contribution in [3.63, 3.8) is 0 Å². The summed E-state index contributed by atoms with van der Waals surface area (Å²) in [6.45, 7) is 2.70. The fraction of sp³-hybridized carbons (Fsp3) is 0.500. The highest BCUT2D eigenvalue weighted by Gasteiger charge is 2.26. The molecule has 0 aliphatic carbocycles. The molecule has 1 saturated heterocycles. The van der Waals surface area contributed by atoms with Crippen molar-refractivity contribution in [1.82, 2.24) is 4.31 Å². The van der Waals surface area contributed by atoms with Gasteiger partial charge in [-0.1, -0.05) is 29.8 Å². The summed E-state index contributed by atoms with van der Waals surface area (Å²) in [7, 11) is -4.13. The first-order chi connectivity index (χ1) is 8.47. The van der Waals surface area contributed by atoms with Gasteiger partial charge >= 0.3 is 0 Å². The van der Waals surface area contributed by atoms with Gasteiger partial charge in [0.1, 0.15) is 0 Å². The van der Waals surface area contributed by atoms with Crippen molar-refractivity contribution in [2.24, 2.45) is 0 Å². The van der Waals surface area contributed by atoms with Crippen LogP contribution < -0.4 is 0 Å². The van der Waals surface area contributed by atoms with E-state index in [2.05, 4.69) is 0 Å². The molecule has 0 saturated carbocycles. The maximum absolute atomic E-state index is 12.2. The van der Waals surface area contributed by atoms with Crippen LogP contribution in [0.15, 0.2) is 24.3 Å². The predicted octanol–water partition coefficient (Wildman–Crippen LogP) is 0.889. The molecule has 0 radical (unpaired) electrons. The summed E-state index contributed by atoms with van der Waals surface area (Å²) >= 11 is 0. The van der Waals surface area contributed by atoms with E-state index in [-0.39, 0.29) is 5.75 Å². The highest BCUT2D eigenvalue weighted by molar-refractivity contribution is 7.88. The Balaban J connectivity index is 2.10. The average molecular weight is 287 g/mol. The van der Waals surface area contributed by atoms with Crippen molar-refractivity contribution in [2.45, 2.75) is 12.7 Å². The maximum Gasteiger partial charge on any atom is 0.218 e. The molecular weight excluding hydrogens is 270 g/mol. The van der Waals surface area contributed by atoms with Gasteiger partial charge in [0.2, 0.25) is 10.0 Å². The molecule has 1 aromatic rings. The summed E-state index contributed by atoms with van der Waals surface area (Å²) in [5.41, 5.74) is 1.86. The van der Waals surface area contributed by atoms with Crippen LogP contribution in [0.5, 0.6) is 0 Å². The van der Waals surface area contributed by atoms with E-state index in [1.165, 1.54) is 4.31 Å². The van der Waals surface area contributed by atoms with Gasteiger partial charge in [-0.25, -0.2) is 8.42 Å². The SMILES string of the molecule is Cc1cccc(CS(=O)(=O)N2CCS(=O)CC2)c1. The zero-order chi connectivity index (χ0) is 13.2. The van der Waals surface area contributed by atoms with Crippen LogP contribution in [-0.4, -0.2) is 41.5 Å². The summed E-state index contributed by atoms with van der Waals surface area (Å²) in [6, 6.07) is 7.53. The lowest BCUT2D eigenvalue weighted by Gasteiger charge is -2.25. The molecule has 1 fully saturated rings. The molecule has 6 heteroatoms. The number of hydrogen-bond acceptors (Lipinski definition) is 3. The largest absolute Gasteiger partial charge is 0.259 e. The fourth-order valence-corrected chi connectivity index (χ4v) is 4.81. The van der Waals surface area contributed by atoms with Crippen LogP contribution in [0.2, 0.25) is 0 Å². The minimum absolute atomic E-state index is 0.0291. The Morgan fingerprint density at radius 2 is 1.94 bits per heavy atom. The molecule has 0 N–H and O–H groups in total. The Morgan fingerprint density at radius 1 is 1.28 bits per heavy atom. The normalized spacial score (nSPS) is 18.9. The first-order valence-corrected chi connectivity index (χ1v) is 8.95. The van der Waals surface area contributed by atoms with Crippen molar-refractivity contribution in [1.29, 1.82) is 0 Å². The Kier molecular flexibility index (Phi) is 4.19. The van der Waals surface area contributed by atoms with E-state index in [1.807, 2.05) is 31.2 Å². The molecule has 0 unspecified atom stereocenters. The second-order valence-electron chi connectivity index (χ2n) is 4.49. The van der Waals surface area contributed by atoms with Gasteiger partial charge in [0.15, 0.2) is 0 Å². The van der Waals surface area contributed by atoms with Crippen molar-refractivity contribution in [3.05, 3.63) is 35.4 Å². The molecule has 1 aliphatic rings. The van der Waals surface area contributed by atoms with Crippen LogP contribution in [0.25, 0.3) is 0 Å². The number of nitrogens with zero attached hydrogens (tertiary/aromatic N) is 1. The molecule has 0 spiro atoms. The molecule has 18 heavy (non-hydrogen) atoms. The molecule has 0 atom stereocenters. The van der Waals surface area contributed by atoms with Crippen LogP contribution in [0.1, 0.15) is 11.1 Å². The molecular formula is C12H17NO3S2. The molecule has 4 nitrogen and oxygen atoms in total. The zero-order valence-corrected chi connectivity index (χ0v) is 12.0. The third-order valence-corrected chi connectivity index (χ3v) is 6.09. The number of rotatable bonds is 3. The van der Waals surface area contributed by atoms with Gasteiger partial charge in [0.05, 0.1) is 5.75 Å². The fourth-order valence-electron chi connectivity index (χ4n) is 2.00. The van der Waals surface area contributed by atoms with Crippen molar-refractivity contribution in [3.8, 4) is 0 Å². The highest BCUT2D eigenvalue weighted by atomic mass is 32.2. The molecule has 0 aromatic heterocycles. The summed E-state index contributed by atoms with van der Waals surface area (Å²) in [6.07, 6.45) is 0. The van der Waals surface area contributed by atoms with E-state index in [1.54, 1.807) is 0 Å². The molecule has 100 valence electrons. The minimum Gasteiger partial charge on any atom is -0.259 e. The lowest BCUT2D eigenvalue weighted by atomic mass is 10.2. The van der Waals surface area contributed by atoms with Crippen LogP contribution >= 0.6 is 0 Å². The van der Waals surface area contributed by atoms with E-state index in [9.17, 15) is 12.6 Å². The van der Waals surface area contributed by atoms with E-state index < -0.39 is 20.8 Å². The molecule has 1 aromatic carbocycles. The van der Waals surface area contributed by atoms with E-state index in [0.717, 1.165) is 11.1 Å². The number of sulfonamides is 1. The number of aryl methyl sites for hydroxylation is 1. The van der Waals surface area contributed by atoms with Gasteiger partial charge < -0.3 is 0 Å². The van der Waals surface area contributed by atoms with Gasteiger partial charge in [-0.2, -0.15) is 4.31 Å². The summed E-state index contributed by atoms with van der Waals surface area (Å²) in [5, 5.41) is 0. The third kappa shape index (κ3) is 3.40. The Morgan fingerprint density at radius 3 is 2.56 bits per heavy atom. The highest BCUT2D eigenvalue weighted by Crippen LogP contribution is 2.14. The first-order valence-electron chi connectivity index (χ1n) is 5.86. The average Bonchev–Trinajstić information content (AvgIpc) is 2.29. The molecule has 1 aliphatic heterocycles. The van der Waals surface area contributed by atoms with Gasteiger partial charge in [-0.3, -0.25) is 4.21 Å². The minimum atomic E-state index is -3.28. The standard InChI is InChI=1S/C12H17NO3S2/c1-11-3-2-4-12(9-11)10-18(15,16)13-5-7-17(14)8-6-13/h2-4,9H,5-8,10H2,1H3. The summed E-state index contributed by atoms with van der Waals surface area (Å²) in [4.78, 5) is 0. The molecule has 2 rings (SSSR count). The number of benzene rings is 1. The van der Waals surface area contributed by atoms with E-state index in [4.69, 9.17) is 0 Å². The van der Waals surface area contributed by atoms with Crippen LogP contribution in [0.4, 0.5) is 0 Å². The maximum atomic E-state index is 12.2. The monoisotopic (exact) mass is 287 g/mol. The van der Waals surface area contributed by atoms with Gasteiger partial charge in [0, 0.05) is 35.4 Å². The zero-order valence-electron chi connectivity index (χ0n) is 10.3. The topological polar surface area (TPSA) is 54.5 Å². The number of hydrogen-bond donors (Lipinski definition) is 0. The Hall–Kier alpha value is -0.720. The van der Waals surface area contributed by atoms with E-state index in [0.29, 0.717) is 24.6 Å². The second kappa shape index (κ2) is 5.50. The summed E-state index contributed by atoms with van der Waals surface area (Å²) < 4.78 is 37.1. The third-order valence-electron chi connectivity index (χ3n) is 2.96. The van der Waals surface area contributed by atoms with Crippen molar-refractivity contribution < 1.29 is 12.6 Å². The quantitative estimate of drug-likeness (QED) is 0.829. The van der Waals surface area contributed by atoms with Crippen LogP contribution in [-0.2, 0) is 26.6 Å². The predicted molar refractivity (Wildman–Crippen MR) is 73.3 cm³/mol. The van der Waals surface area contributed by atoms with Crippen LogP contribution in [0.3, 0.4) is 0 Å². The smallest absolute Gasteiger partial charge is 0.218 e. The van der Waals surface area contributed by atoms with Crippen molar-refractivity contribution in [2.75, 3.05) is 24.6 Å². The van der Waals surface area contributed by atoms with Crippen molar-refractivity contribution >= 4 is 20.8 Å². The van der Waals surface area contributed by atoms with Gasteiger partial charge in [0.25, 0.3) is 0 Å². The molecule has 1 heterocycles. The lowest BCUT2D eigenvalue weighted by Crippen LogP contribution is -2.42. The molecule has 0 bridgehead atoms. The Labute approximate surface area is 111 Å². The summed E-state index contributed by atoms with van der Waals surface area (Å²) in [5.74, 6) is 0.932. The van der Waals surface area contributed by atoms with Crippen LogP contribution in [0, 0.1) is 6.92 Å². The van der Waals surface area contributed by atoms with E-state index >= 15 is 0 Å². The van der Waals surface area contributed by atoms with Gasteiger partial charge in [-0.05, 0) is 12.5 Å². The second-order valence-corrected chi connectivity index (χ2v) is 8.16. The van der Waals surface area contributed by atoms with Gasteiger partial charge in [-0.15, -0.1) is 0 Å². The molecule has 0 amide bonds.